The van der Waals surface area contributed by atoms with E-state index in [1.54, 1.807) is 0 Å². The zero-order valence-electron chi connectivity index (χ0n) is 10.3. The van der Waals surface area contributed by atoms with Crippen molar-refractivity contribution < 1.29 is 9.90 Å². The average Bonchev–Trinajstić information content (AvgIpc) is 3.09. The van der Waals surface area contributed by atoms with Crippen molar-refractivity contribution in [3.8, 4) is 0 Å². The number of carboxylic acids is 1. The highest BCUT2D eigenvalue weighted by atomic mass is 16.4. The molecule has 1 atom stereocenters. The van der Waals surface area contributed by atoms with Gasteiger partial charge in [-0.05, 0) is 42.4 Å². The number of benzene rings is 1. The molecule has 92 valence electrons. The minimum absolute atomic E-state index is 0.301. The molecule has 1 aromatic carbocycles. The Labute approximate surface area is 102 Å². The molecule has 2 rings (SSSR count). The molecule has 1 saturated carbocycles. The summed E-state index contributed by atoms with van der Waals surface area (Å²) in [6, 6.07) is 7.59. The Morgan fingerprint density at radius 1 is 1.41 bits per heavy atom. The summed E-state index contributed by atoms with van der Waals surface area (Å²) in [5.41, 5.74) is 2.14. The highest BCUT2D eigenvalue weighted by Gasteiger charge is 2.36. The molecule has 3 heteroatoms. The molecular formula is C14H19NO2. The molecule has 0 bridgehead atoms. The van der Waals surface area contributed by atoms with Gasteiger partial charge in [-0.1, -0.05) is 26.0 Å². The first-order valence-corrected chi connectivity index (χ1v) is 6.17. The van der Waals surface area contributed by atoms with Crippen molar-refractivity contribution in [1.29, 1.82) is 0 Å². The fourth-order valence-electron chi connectivity index (χ4n) is 1.98. The van der Waals surface area contributed by atoms with E-state index in [9.17, 15) is 4.79 Å². The third-order valence-corrected chi connectivity index (χ3v) is 3.23. The Morgan fingerprint density at radius 3 is 2.65 bits per heavy atom. The van der Waals surface area contributed by atoms with Crippen LogP contribution in [0.1, 0.15) is 38.2 Å². The van der Waals surface area contributed by atoms with Crippen LogP contribution in [-0.2, 0) is 4.79 Å². The molecule has 0 saturated heterocycles. The van der Waals surface area contributed by atoms with E-state index < -0.39 is 12.0 Å². The van der Waals surface area contributed by atoms with Crippen LogP contribution in [0.2, 0.25) is 0 Å². The van der Waals surface area contributed by atoms with Crippen LogP contribution in [0.4, 0.5) is 5.69 Å². The average molecular weight is 233 g/mol. The first-order chi connectivity index (χ1) is 8.08. The lowest BCUT2D eigenvalue weighted by Crippen LogP contribution is -2.31. The molecule has 1 aliphatic rings. The van der Waals surface area contributed by atoms with Crippen molar-refractivity contribution in [2.75, 3.05) is 5.32 Å². The van der Waals surface area contributed by atoms with E-state index in [0.29, 0.717) is 11.8 Å². The van der Waals surface area contributed by atoms with Gasteiger partial charge in [0.05, 0.1) is 0 Å². The van der Waals surface area contributed by atoms with Crippen molar-refractivity contribution in [3.05, 3.63) is 29.8 Å². The zero-order valence-corrected chi connectivity index (χ0v) is 10.3. The molecule has 0 amide bonds. The number of carboxylic acid groups (broad SMARTS) is 1. The summed E-state index contributed by atoms with van der Waals surface area (Å²) in [5.74, 6) is 0.0126. The normalized spacial score (nSPS) is 16.9. The van der Waals surface area contributed by atoms with Gasteiger partial charge in [0, 0.05) is 5.69 Å². The summed E-state index contributed by atoms with van der Waals surface area (Å²) in [7, 11) is 0. The molecule has 1 fully saturated rings. The minimum Gasteiger partial charge on any atom is -0.480 e. The maximum absolute atomic E-state index is 11.1. The zero-order chi connectivity index (χ0) is 12.4. The number of rotatable bonds is 5. The summed E-state index contributed by atoms with van der Waals surface area (Å²) < 4.78 is 0. The molecule has 2 N–H and O–H groups in total. The van der Waals surface area contributed by atoms with E-state index in [1.165, 1.54) is 5.56 Å². The maximum atomic E-state index is 11.1. The third kappa shape index (κ3) is 2.99. The van der Waals surface area contributed by atoms with Crippen LogP contribution < -0.4 is 5.32 Å². The van der Waals surface area contributed by atoms with Crippen LogP contribution in [0.25, 0.3) is 0 Å². The van der Waals surface area contributed by atoms with Crippen LogP contribution >= 0.6 is 0 Å². The highest BCUT2D eigenvalue weighted by molar-refractivity contribution is 5.78. The number of hydrogen-bond acceptors (Lipinski definition) is 2. The SMILES string of the molecule is CC(C)c1cccc(NC(C(=O)O)C2CC2)c1. The van der Waals surface area contributed by atoms with E-state index in [2.05, 4.69) is 25.2 Å². The van der Waals surface area contributed by atoms with Gasteiger partial charge < -0.3 is 10.4 Å². The van der Waals surface area contributed by atoms with Gasteiger partial charge in [-0.2, -0.15) is 0 Å². The molecule has 1 aliphatic carbocycles. The van der Waals surface area contributed by atoms with Crippen molar-refractivity contribution in [3.63, 3.8) is 0 Å². The monoisotopic (exact) mass is 233 g/mol. The van der Waals surface area contributed by atoms with Crippen molar-refractivity contribution in [2.45, 2.75) is 38.6 Å². The van der Waals surface area contributed by atoms with Crippen molar-refractivity contribution in [1.82, 2.24) is 0 Å². The first-order valence-electron chi connectivity index (χ1n) is 6.17. The Kier molecular flexibility index (Phi) is 3.36. The maximum Gasteiger partial charge on any atom is 0.326 e. The van der Waals surface area contributed by atoms with Gasteiger partial charge in [0.2, 0.25) is 0 Å². The second-order valence-electron chi connectivity index (χ2n) is 5.08. The summed E-state index contributed by atoms with van der Waals surface area (Å²) >= 11 is 0. The fraction of sp³-hybridized carbons (Fsp3) is 0.500. The highest BCUT2D eigenvalue weighted by Crippen LogP contribution is 2.34. The molecule has 3 nitrogen and oxygen atoms in total. The second-order valence-corrected chi connectivity index (χ2v) is 5.08. The second kappa shape index (κ2) is 4.78. The number of anilines is 1. The van der Waals surface area contributed by atoms with Crippen molar-refractivity contribution >= 4 is 11.7 Å². The number of hydrogen-bond donors (Lipinski definition) is 2. The molecule has 0 heterocycles. The molecule has 17 heavy (non-hydrogen) atoms. The van der Waals surface area contributed by atoms with Crippen LogP contribution in [0.3, 0.4) is 0 Å². The Bertz CT molecular complexity index is 410. The van der Waals surface area contributed by atoms with Gasteiger partial charge in [-0.3, -0.25) is 0 Å². The van der Waals surface area contributed by atoms with Gasteiger partial charge in [-0.25, -0.2) is 4.79 Å². The predicted octanol–water partition coefficient (Wildman–Crippen LogP) is 3.09. The lowest BCUT2D eigenvalue weighted by molar-refractivity contribution is -0.138. The van der Waals surface area contributed by atoms with Gasteiger partial charge in [0.15, 0.2) is 0 Å². The summed E-state index contributed by atoms with van der Waals surface area (Å²) in [5, 5.41) is 12.3. The third-order valence-electron chi connectivity index (χ3n) is 3.23. The van der Waals surface area contributed by atoms with Gasteiger partial charge in [-0.15, -0.1) is 0 Å². The lowest BCUT2D eigenvalue weighted by Gasteiger charge is -2.16. The van der Waals surface area contributed by atoms with E-state index in [0.717, 1.165) is 18.5 Å². The van der Waals surface area contributed by atoms with Crippen LogP contribution in [-0.4, -0.2) is 17.1 Å². The smallest absolute Gasteiger partial charge is 0.326 e. The first kappa shape index (κ1) is 12.0. The Morgan fingerprint density at radius 2 is 2.12 bits per heavy atom. The summed E-state index contributed by atoms with van der Waals surface area (Å²) in [6.07, 6.45) is 2.04. The Balaban J connectivity index is 2.11. The standard InChI is InChI=1S/C14H19NO2/c1-9(2)11-4-3-5-12(8-11)15-13(14(16)17)10-6-7-10/h3-5,8-10,13,15H,6-7H2,1-2H3,(H,16,17). The van der Waals surface area contributed by atoms with E-state index in [4.69, 9.17) is 5.11 Å². The minimum atomic E-state index is -0.748. The number of carbonyl (C=O) groups is 1. The van der Waals surface area contributed by atoms with Gasteiger partial charge in [0.1, 0.15) is 6.04 Å². The summed E-state index contributed by atoms with van der Waals surface area (Å²) in [6.45, 7) is 4.27. The number of aliphatic carboxylic acids is 1. The molecule has 0 radical (unpaired) electrons. The van der Waals surface area contributed by atoms with Crippen LogP contribution in [0.5, 0.6) is 0 Å². The van der Waals surface area contributed by atoms with E-state index >= 15 is 0 Å². The van der Waals surface area contributed by atoms with Crippen molar-refractivity contribution in [2.24, 2.45) is 5.92 Å². The molecule has 1 unspecified atom stereocenters. The molecule has 0 spiro atoms. The Hall–Kier alpha value is -1.51. The molecular weight excluding hydrogens is 214 g/mol. The molecule has 0 aliphatic heterocycles. The van der Waals surface area contributed by atoms with Gasteiger partial charge in [0.25, 0.3) is 0 Å². The van der Waals surface area contributed by atoms with Gasteiger partial charge >= 0.3 is 5.97 Å². The van der Waals surface area contributed by atoms with E-state index in [-0.39, 0.29) is 0 Å². The number of nitrogens with one attached hydrogen (secondary N) is 1. The van der Waals surface area contributed by atoms with Crippen LogP contribution in [0, 0.1) is 5.92 Å². The quantitative estimate of drug-likeness (QED) is 0.821. The fourth-order valence-corrected chi connectivity index (χ4v) is 1.98. The molecule has 1 aromatic rings. The van der Waals surface area contributed by atoms with E-state index in [1.807, 2.05) is 18.2 Å². The summed E-state index contributed by atoms with van der Waals surface area (Å²) in [4.78, 5) is 11.1. The van der Waals surface area contributed by atoms with Crippen LogP contribution in [0.15, 0.2) is 24.3 Å². The topological polar surface area (TPSA) is 49.3 Å². The lowest BCUT2D eigenvalue weighted by atomic mass is 10.0. The largest absolute Gasteiger partial charge is 0.480 e. The predicted molar refractivity (Wildman–Crippen MR) is 68.3 cm³/mol. The molecule has 0 aromatic heterocycles.